The predicted octanol–water partition coefficient (Wildman–Crippen LogP) is 1.46. The minimum absolute atomic E-state index is 0.102. The summed E-state index contributed by atoms with van der Waals surface area (Å²) in [4.78, 5) is 15.8. The van der Waals surface area contributed by atoms with Crippen LogP contribution in [0, 0.1) is 0 Å². The molecule has 100 valence electrons. The highest BCUT2D eigenvalue weighted by Crippen LogP contribution is 2.15. The van der Waals surface area contributed by atoms with Gasteiger partial charge in [-0.05, 0) is 12.5 Å². The van der Waals surface area contributed by atoms with E-state index in [1.807, 2.05) is 0 Å². The highest BCUT2D eigenvalue weighted by molar-refractivity contribution is 6.20. The number of carbonyl (C=O) groups is 1. The van der Waals surface area contributed by atoms with Gasteiger partial charge in [-0.3, -0.25) is 9.78 Å². The van der Waals surface area contributed by atoms with Gasteiger partial charge in [0.1, 0.15) is 5.75 Å². The number of hydrogen-bond acceptors (Lipinski definition) is 4. The van der Waals surface area contributed by atoms with E-state index in [1.54, 1.807) is 19.4 Å². The number of amides is 1. The zero-order chi connectivity index (χ0) is 13.4. The third kappa shape index (κ3) is 4.50. The van der Waals surface area contributed by atoms with E-state index in [2.05, 4.69) is 10.3 Å². The molecule has 1 N–H and O–H groups in total. The fourth-order valence-corrected chi connectivity index (χ4v) is 1.67. The minimum Gasteiger partial charge on any atom is -0.494 e. The number of pyridine rings is 1. The van der Waals surface area contributed by atoms with Gasteiger partial charge >= 0.3 is 0 Å². The molecule has 1 amide bonds. The third-order valence-corrected chi connectivity index (χ3v) is 2.68. The monoisotopic (exact) mass is 272 g/mol. The molecule has 0 radical (unpaired) electrons. The molecule has 0 aliphatic rings. The van der Waals surface area contributed by atoms with E-state index >= 15 is 0 Å². The van der Waals surface area contributed by atoms with Crippen molar-refractivity contribution >= 4 is 17.5 Å². The van der Waals surface area contributed by atoms with Crippen LogP contribution in [0.2, 0.25) is 0 Å². The van der Waals surface area contributed by atoms with Gasteiger partial charge in [0.2, 0.25) is 0 Å². The lowest BCUT2D eigenvalue weighted by molar-refractivity contribution is 0.0948. The molecule has 1 aromatic rings. The van der Waals surface area contributed by atoms with Crippen LogP contribution in [0.5, 0.6) is 5.75 Å². The van der Waals surface area contributed by atoms with Gasteiger partial charge in [-0.2, -0.15) is 0 Å². The summed E-state index contributed by atoms with van der Waals surface area (Å²) in [5.74, 6) is 0.254. The molecule has 1 atom stereocenters. The first-order valence-corrected chi connectivity index (χ1v) is 6.02. The number of nitrogens with one attached hydrogen (secondary N) is 1. The summed E-state index contributed by atoms with van der Waals surface area (Å²) >= 11 is 5.96. The molecule has 1 unspecified atom stereocenters. The van der Waals surface area contributed by atoms with Gasteiger partial charge in [0, 0.05) is 19.9 Å². The average molecular weight is 273 g/mol. The normalized spacial score (nSPS) is 11.9. The van der Waals surface area contributed by atoms with Crippen LogP contribution in [0.3, 0.4) is 0 Å². The van der Waals surface area contributed by atoms with Crippen LogP contribution in [-0.4, -0.2) is 43.6 Å². The number of aromatic nitrogens is 1. The van der Waals surface area contributed by atoms with E-state index in [0.29, 0.717) is 30.9 Å². The van der Waals surface area contributed by atoms with Gasteiger partial charge in [0.25, 0.3) is 5.91 Å². The summed E-state index contributed by atoms with van der Waals surface area (Å²) < 4.78 is 9.97. The van der Waals surface area contributed by atoms with Crippen LogP contribution >= 0.6 is 11.6 Å². The molecule has 1 rings (SSSR count). The lowest BCUT2D eigenvalue weighted by Crippen LogP contribution is -2.27. The van der Waals surface area contributed by atoms with Gasteiger partial charge < -0.3 is 14.8 Å². The lowest BCUT2D eigenvalue weighted by Gasteiger charge is -2.10. The van der Waals surface area contributed by atoms with Crippen LogP contribution in [0.1, 0.15) is 16.8 Å². The highest BCUT2D eigenvalue weighted by atomic mass is 35.5. The first-order valence-electron chi connectivity index (χ1n) is 5.58. The second kappa shape index (κ2) is 7.89. The molecule has 0 aromatic carbocycles. The van der Waals surface area contributed by atoms with Gasteiger partial charge in [-0.25, -0.2) is 0 Å². The Hall–Kier alpha value is -1.33. The van der Waals surface area contributed by atoms with E-state index in [4.69, 9.17) is 21.1 Å². The summed E-state index contributed by atoms with van der Waals surface area (Å²) in [6.07, 6.45) is 3.70. The Kier molecular flexibility index (Phi) is 6.46. The maximum Gasteiger partial charge on any atom is 0.255 e. The zero-order valence-electron chi connectivity index (χ0n) is 10.5. The van der Waals surface area contributed by atoms with E-state index in [9.17, 15) is 4.79 Å². The van der Waals surface area contributed by atoms with E-state index in [-0.39, 0.29) is 11.3 Å². The van der Waals surface area contributed by atoms with Gasteiger partial charge in [-0.1, -0.05) is 0 Å². The van der Waals surface area contributed by atoms with E-state index in [0.717, 1.165) is 0 Å². The molecule has 0 bridgehead atoms. The van der Waals surface area contributed by atoms with Crippen molar-refractivity contribution in [3.8, 4) is 5.75 Å². The van der Waals surface area contributed by atoms with Crippen molar-refractivity contribution in [1.82, 2.24) is 10.3 Å². The van der Waals surface area contributed by atoms with Crippen molar-refractivity contribution in [1.29, 1.82) is 0 Å². The first-order chi connectivity index (χ1) is 8.69. The Balaban J connectivity index is 2.45. The topological polar surface area (TPSA) is 60.5 Å². The fourth-order valence-electron chi connectivity index (χ4n) is 1.43. The fraction of sp³-hybridized carbons (Fsp3) is 0.500. The molecule has 0 aliphatic heterocycles. The summed E-state index contributed by atoms with van der Waals surface area (Å²) in [6.45, 7) is 0.956. The maximum atomic E-state index is 11.9. The number of hydrogen-bond donors (Lipinski definition) is 1. The number of halogens is 1. The Morgan fingerprint density at radius 2 is 2.33 bits per heavy atom. The molecule has 0 aliphatic carbocycles. The van der Waals surface area contributed by atoms with Crippen LogP contribution in [0.4, 0.5) is 0 Å². The Labute approximate surface area is 111 Å². The summed E-state index contributed by atoms with van der Waals surface area (Å²) in [5, 5.41) is 2.67. The largest absolute Gasteiger partial charge is 0.494 e. The molecule has 0 saturated heterocycles. The summed E-state index contributed by atoms with van der Waals surface area (Å²) in [7, 11) is 3.09. The number of rotatable bonds is 7. The van der Waals surface area contributed by atoms with Crippen molar-refractivity contribution in [3.05, 3.63) is 24.0 Å². The van der Waals surface area contributed by atoms with Gasteiger partial charge in [0.05, 0.1) is 30.9 Å². The smallest absolute Gasteiger partial charge is 0.255 e. The highest BCUT2D eigenvalue weighted by Gasteiger charge is 2.12. The number of nitrogens with zero attached hydrogens (tertiary/aromatic N) is 1. The molecule has 1 aromatic heterocycles. The van der Waals surface area contributed by atoms with E-state index < -0.39 is 0 Å². The van der Waals surface area contributed by atoms with Crippen molar-refractivity contribution in [2.45, 2.75) is 11.8 Å². The third-order valence-electron chi connectivity index (χ3n) is 2.34. The van der Waals surface area contributed by atoms with Crippen LogP contribution in [0.15, 0.2) is 18.5 Å². The SMILES string of the molecule is COCC(Cl)CCNC(=O)c1ccncc1OC. The Bertz CT molecular complexity index is 387. The molecule has 0 saturated carbocycles. The number of alkyl halides is 1. The van der Waals surface area contributed by atoms with Crippen molar-refractivity contribution < 1.29 is 14.3 Å². The lowest BCUT2D eigenvalue weighted by atomic mass is 10.2. The first kappa shape index (κ1) is 14.7. The molecule has 0 spiro atoms. The molecule has 1 heterocycles. The van der Waals surface area contributed by atoms with Crippen molar-refractivity contribution in [2.24, 2.45) is 0 Å². The van der Waals surface area contributed by atoms with Gasteiger partial charge in [0.15, 0.2) is 0 Å². The van der Waals surface area contributed by atoms with Crippen molar-refractivity contribution in [3.63, 3.8) is 0 Å². The second-order valence-corrected chi connectivity index (χ2v) is 4.29. The number of ether oxygens (including phenoxy) is 2. The zero-order valence-corrected chi connectivity index (χ0v) is 11.2. The molecule has 6 heteroatoms. The maximum absolute atomic E-state index is 11.9. The standard InChI is InChI=1S/C12H17ClN2O3/c1-17-8-9(13)3-6-15-12(16)10-4-5-14-7-11(10)18-2/h4-5,7,9H,3,6,8H2,1-2H3,(H,15,16). The predicted molar refractivity (Wildman–Crippen MR) is 69.3 cm³/mol. The summed E-state index contributed by atoms with van der Waals surface area (Å²) in [5.41, 5.74) is 0.463. The molecule has 18 heavy (non-hydrogen) atoms. The quantitative estimate of drug-likeness (QED) is 0.764. The number of carbonyl (C=O) groups excluding carboxylic acids is 1. The minimum atomic E-state index is -0.199. The van der Waals surface area contributed by atoms with E-state index in [1.165, 1.54) is 13.3 Å². The molecular weight excluding hydrogens is 256 g/mol. The second-order valence-electron chi connectivity index (χ2n) is 3.67. The molecule has 0 fully saturated rings. The Morgan fingerprint density at radius 1 is 1.56 bits per heavy atom. The van der Waals surface area contributed by atoms with Gasteiger partial charge in [-0.15, -0.1) is 11.6 Å². The molecular formula is C12H17ClN2O3. The van der Waals surface area contributed by atoms with Crippen LogP contribution in [-0.2, 0) is 4.74 Å². The Morgan fingerprint density at radius 3 is 3.00 bits per heavy atom. The number of methoxy groups -OCH3 is 2. The van der Waals surface area contributed by atoms with Crippen molar-refractivity contribution in [2.75, 3.05) is 27.4 Å². The van der Waals surface area contributed by atoms with Crippen LogP contribution < -0.4 is 10.1 Å². The van der Waals surface area contributed by atoms with Crippen LogP contribution in [0.25, 0.3) is 0 Å². The molecule has 5 nitrogen and oxygen atoms in total. The summed E-state index contributed by atoms with van der Waals surface area (Å²) in [6, 6.07) is 1.61. The average Bonchev–Trinajstić information content (AvgIpc) is 2.38.